The highest BCUT2D eigenvalue weighted by atomic mass is 32.2. The second-order valence-corrected chi connectivity index (χ2v) is 21.7. The summed E-state index contributed by atoms with van der Waals surface area (Å²) in [6.45, 7) is 16.7. The molecule has 8 heteroatoms. The lowest BCUT2D eigenvalue weighted by Crippen LogP contribution is -2.26. The van der Waals surface area contributed by atoms with Crippen molar-refractivity contribution in [3.05, 3.63) is 266 Å². The Morgan fingerprint density at radius 1 is 0.730 bits per heavy atom. The fraction of sp³-hybridized carbons (Fsp3) is 0.227. The molecule has 5 aromatic rings. The molecule has 0 amide bonds. The second kappa shape index (κ2) is 24.1. The van der Waals surface area contributed by atoms with Crippen LogP contribution in [0.4, 0.5) is 11.4 Å². The van der Waals surface area contributed by atoms with Gasteiger partial charge in [-0.05, 0) is 111 Å². The van der Waals surface area contributed by atoms with E-state index in [1.54, 1.807) is 6.08 Å². The van der Waals surface area contributed by atoms with Crippen molar-refractivity contribution in [1.29, 1.82) is 0 Å². The van der Waals surface area contributed by atoms with Crippen LogP contribution in [-0.4, -0.2) is 73.7 Å². The summed E-state index contributed by atoms with van der Waals surface area (Å²) < 4.78 is 40.8. The highest BCUT2D eigenvalue weighted by molar-refractivity contribution is 7.89. The first-order valence-corrected chi connectivity index (χ1v) is 26.8. The van der Waals surface area contributed by atoms with E-state index in [-0.39, 0.29) is 10.7 Å². The predicted molar refractivity (Wildman–Crippen MR) is 311 cm³/mol. The van der Waals surface area contributed by atoms with Crippen LogP contribution < -0.4 is 4.90 Å². The predicted octanol–water partition coefficient (Wildman–Crippen LogP) is 14.1. The maximum absolute atomic E-state index is 13.0. The maximum Gasteiger partial charge on any atom is 0.331 e. The van der Waals surface area contributed by atoms with Crippen LogP contribution in [0.15, 0.2) is 216 Å². The molecule has 3 aliphatic carbocycles. The van der Waals surface area contributed by atoms with Gasteiger partial charge in [0.05, 0.1) is 5.57 Å². The quantitative estimate of drug-likeness (QED) is 0.0419. The van der Waals surface area contributed by atoms with Crippen LogP contribution in [-0.2, 0) is 23.2 Å². The number of rotatable bonds is 13. The lowest BCUT2D eigenvalue weighted by Gasteiger charge is -2.33. The van der Waals surface area contributed by atoms with Crippen LogP contribution >= 0.6 is 0 Å². The lowest BCUT2D eigenvalue weighted by atomic mass is 9.80. The molecule has 74 heavy (non-hydrogen) atoms. The molecular weight excluding hydrogens is 929 g/mol. The first-order valence-electron chi connectivity index (χ1n) is 25.3. The van der Waals surface area contributed by atoms with Crippen LogP contribution in [0.2, 0.25) is 0 Å². The first kappa shape index (κ1) is 54.3. The minimum Gasteiger partial charge on any atom is -0.378 e. The van der Waals surface area contributed by atoms with E-state index in [0.717, 1.165) is 48.1 Å². The molecule has 5 aromatic carbocycles. The average Bonchev–Trinajstić information content (AvgIpc) is 3.38. The van der Waals surface area contributed by atoms with Gasteiger partial charge >= 0.3 is 10.1 Å². The van der Waals surface area contributed by atoms with Crippen molar-refractivity contribution >= 4 is 44.6 Å². The van der Waals surface area contributed by atoms with Crippen molar-refractivity contribution in [2.24, 2.45) is 5.41 Å². The Labute approximate surface area is 442 Å². The number of allylic oxidation sites excluding steroid dienone is 10. The minimum atomic E-state index is -4.56. The summed E-state index contributed by atoms with van der Waals surface area (Å²) in [5.41, 5.74) is 19.9. The topological polar surface area (TPSA) is 66.9 Å². The van der Waals surface area contributed by atoms with Crippen LogP contribution in [0.3, 0.4) is 0 Å². The molecule has 0 heterocycles. The van der Waals surface area contributed by atoms with Gasteiger partial charge in [0.25, 0.3) is 0 Å². The lowest BCUT2D eigenvalue weighted by molar-refractivity contribution is -0.462. The number of benzene rings is 5. The van der Waals surface area contributed by atoms with Gasteiger partial charge in [-0.3, -0.25) is 10.3 Å². The molecule has 0 aliphatic heterocycles. The van der Waals surface area contributed by atoms with Gasteiger partial charge in [-0.2, -0.15) is 19.1 Å². The second-order valence-electron chi connectivity index (χ2n) is 20.3. The molecule has 0 bridgehead atoms. The van der Waals surface area contributed by atoms with Gasteiger partial charge in [0.1, 0.15) is 25.9 Å². The number of hydrogen-bond donors (Lipinski definition) is 1. The van der Waals surface area contributed by atoms with Crippen molar-refractivity contribution < 1.29 is 22.1 Å². The minimum absolute atomic E-state index is 0.117. The monoisotopic (exact) mass is 1000 g/mol. The third-order valence-electron chi connectivity index (χ3n) is 13.3. The highest BCUT2D eigenvalue weighted by Gasteiger charge is 2.39. The van der Waals surface area contributed by atoms with Crippen LogP contribution in [0.1, 0.15) is 73.6 Å². The van der Waals surface area contributed by atoms with Gasteiger partial charge < -0.3 is 9.80 Å². The summed E-state index contributed by atoms with van der Waals surface area (Å²) in [5, 5.41) is -0.117. The van der Waals surface area contributed by atoms with E-state index in [9.17, 15) is 13.0 Å². The average molecular weight is 1000 g/mol. The summed E-state index contributed by atoms with van der Waals surface area (Å²) in [7, 11) is 3.70. The summed E-state index contributed by atoms with van der Waals surface area (Å²) in [4.78, 5) is 4.41. The molecule has 8 rings (SSSR count). The highest BCUT2D eigenvalue weighted by Crippen LogP contribution is 2.43. The van der Waals surface area contributed by atoms with Gasteiger partial charge in [0, 0.05) is 97.9 Å². The van der Waals surface area contributed by atoms with E-state index in [1.165, 1.54) is 55.9 Å². The molecular formula is C66H72N4O3S+2. The van der Waals surface area contributed by atoms with E-state index < -0.39 is 10.1 Å². The molecule has 0 saturated heterocycles. The molecule has 0 fully saturated rings. The Balaban J connectivity index is 0.000000267. The molecule has 7 nitrogen and oxygen atoms in total. The zero-order valence-corrected chi connectivity index (χ0v) is 45.9. The standard InChI is InChI=1S/C43H46N2O3S.C23H25N2/c1-8-44(29-33-14-10-12-31(3)26-33)38-21-16-35(17-22-38)42(40-25-20-37(43(5,6)7)28-41(40)49(46,47)48)36-18-23-39(24-19-36)45(9-2)30-34-15-11-13-32(4)27-34;1-24(2)21-14-10-19(11-15-21)23(18-8-6-5-7-9-18)20-12-16-22(17-13-20)25(3)4/h8,10-18,20-28H,9,29-30H2,1-7H3;5-17H,1-4H3/q;+1/p+1. The SMILES string of the molecule is CC=[N+](Cc1cccc(C)c1)c1ccc(C(C2=C=C[C-](N(CC)Cc3cccc(C)c3)C=C2)=C2C=CC(C(C)(C)C)=C[C+]2S(=O)(=O)O)cc1.CN(C)c1ccc(C(=C2C=CC(=[N+](C)C)C=C2)c2ccccc2)cc1. The molecule has 378 valence electrons. The van der Waals surface area contributed by atoms with Crippen LogP contribution in [0.5, 0.6) is 0 Å². The van der Waals surface area contributed by atoms with Crippen molar-refractivity contribution in [2.75, 3.05) is 39.6 Å². The first-order chi connectivity index (χ1) is 35.3. The fourth-order valence-corrected chi connectivity index (χ4v) is 9.89. The van der Waals surface area contributed by atoms with Crippen LogP contribution in [0, 0.1) is 30.6 Å². The number of likely N-dealkylation sites (N-methyl/N-ethyl adjacent to an activating group) is 1. The summed E-state index contributed by atoms with van der Waals surface area (Å²) >= 11 is 0. The van der Waals surface area contributed by atoms with Gasteiger partial charge in [0.15, 0.2) is 17.5 Å². The van der Waals surface area contributed by atoms with Gasteiger partial charge in [-0.15, -0.1) is 12.2 Å². The largest absolute Gasteiger partial charge is 0.378 e. The third-order valence-corrected chi connectivity index (χ3v) is 14.2. The van der Waals surface area contributed by atoms with E-state index in [2.05, 4.69) is 225 Å². The van der Waals surface area contributed by atoms with E-state index >= 15 is 0 Å². The number of anilines is 1. The molecule has 0 aromatic heterocycles. The van der Waals surface area contributed by atoms with E-state index in [4.69, 9.17) is 0 Å². The normalized spacial score (nSPS) is 15.2. The Morgan fingerprint density at radius 2 is 1.32 bits per heavy atom. The third kappa shape index (κ3) is 13.8. The molecule has 0 unspecified atom stereocenters. The number of aryl methyl sites for hydroxylation is 2. The molecule has 0 spiro atoms. The Bertz CT molecular complexity index is 3290. The Kier molecular flexibility index (Phi) is 17.7. The van der Waals surface area contributed by atoms with Crippen LogP contribution in [0.25, 0.3) is 11.1 Å². The Hall–Kier alpha value is -7.45. The summed E-state index contributed by atoms with van der Waals surface area (Å²) in [6.07, 6.45) is 22.2. The molecule has 1 N–H and O–H groups in total. The fourth-order valence-electron chi connectivity index (χ4n) is 9.17. The van der Waals surface area contributed by atoms with Gasteiger partial charge in [-0.1, -0.05) is 115 Å². The van der Waals surface area contributed by atoms with E-state index in [1.807, 2.05) is 64.1 Å². The Morgan fingerprint density at radius 3 is 1.86 bits per heavy atom. The van der Waals surface area contributed by atoms with Crippen molar-refractivity contribution in [2.45, 2.75) is 61.6 Å². The zero-order chi connectivity index (χ0) is 53.2. The molecule has 0 atom stereocenters. The molecule has 0 radical (unpaired) electrons. The number of nitrogens with zero attached hydrogens (tertiary/aromatic N) is 4. The zero-order valence-electron chi connectivity index (χ0n) is 45.1. The van der Waals surface area contributed by atoms with Crippen molar-refractivity contribution in [3.63, 3.8) is 0 Å². The van der Waals surface area contributed by atoms with Crippen molar-refractivity contribution in [1.82, 2.24) is 4.90 Å². The molecule has 3 aliphatic rings. The van der Waals surface area contributed by atoms with Gasteiger partial charge in [0.2, 0.25) is 5.69 Å². The summed E-state index contributed by atoms with van der Waals surface area (Å²) in [5.74, 6) is 0. The van der Waals surface area contributed by atoms with Crippen molar-refractivity contribution in [3.8, 4) is 0 Å². The molecule has 0 saturated carbocycles. The smallest absolute Gasteiger partial charge is 0.331 e. The van der Waals surface area contributed by atoms with E-state index in [0.29, 0.717) is 11.1 Å². The van der Waals surface area contributed by atoms with Gasteiger partial charge in [-0.25, -0.2) is 4.58 Å². The summed E-state index contributed by atoms with van der Waals surface area (Å²) in [6, 6.07) is 45.5. The maximum atomic E-state index is 13.0. The number of hydrogen-bond acceptors (Lipinski definition) is 4.